The van der Waals surface area contributed by atoms with Crippen molar-refractivity contribution in [2.45, 2.75) is 31.1 Å². The van der Waals surface area contributed by atoms with Crippen LogP contribution in [0.2, 0.25) is 0 Å². The van der Waals surface area contributed by atoms with Crippen LogP contribution in [0.3, 0.4) is 0 Å². The molecule has 0 aromatic heterocycles. The Hall–Kier alpha value is -4.03. The lowest BCUT2D eigenvalue weighted by Gasteiger charge is -2.45. The van der Waals surface area contributed by atoms with E-state index >= 15 is 0 Å². The first kappa shape index (κ1) is 29.0. The Bertz CT molecular complexity index is 1480. The third-order valence-electron chi connectivity index (χ3n) is 7.15. The number of nitrogens with two attached hydrogens (primary N) is 2. The fraction of sp³-hybridized carbons (Fsp3) is 0.188. The lowest BCUT2D eigenvalue weighted by Crippen LogP contribution is -2.58. The van der Waals surface area contributed by atoms with Crippen LogP contribution < -0.4 is 21.1 Å². The van der Waals surface area contributed by atoms with Crippen LogP contribution in [0.15, 0.2) is 109 Å². The van der Waals surface area contributed by atoms with Crippen LogP contribution in [0.4, 0.5) is 17.1 Å². The van der Waals surface area contributed by atoms with Crippen molar-refractivity contribution in [1.82, 2.24) is 0 Å². The van der Waals surface area contributed by atoms with Gasteiger partial charge in [-0.3, -0.25) is 4.57 Å². The number of anilines is 3. The molecule has 0 fully saturated rings. The number of nitrogens with zero attached hydrogens (tertiary/aromatic N) is 1. The number of para-hydroxylation sites is 3. The van der Waals surface area contributed by atoms with Crippen LogP contribution in [-0.2, 0) is 16.1 Å². The number of fused-ring (bicyclic) bond motifs is 2. The molecule has 0 bridgehead atoms. The average molecular weight is 558 g/mol. The summed E-state index contributed by atoms with van der Waals surface area (Å²) >= 11 is 0. The molecule has 40 heavy (non-hydrogen) atoms. The quantitative estimate of drug-likeness (QED) is 0.165. The van der Waals surface area contributed by atoms with Gasteiger partial charge in [0.15, 0.2) is 0 Å². The van der Waals surface area contributed by atoms with Crippen LogP contribution >= 0.6 is 7.60 Å². The van der Waals surface area contributed by atoms with Crippen LogP contribution in [-0.4, -0.2) is 22.6 Å². The van der Waals surface area contributed by atoms with Gasteiger partial charge in [0.25, 0.3) is 0 Å². The van der Waals surface area contributed by atoms with E-state index in [0.717, 1.165) is 28.4 Å². The van der Waals surface area contributed by atoms with Gasteiger partial charge in [0, 0.05) is 29.7 Å². The van der Waals surface area contributed by atoms with Gasteiger partial charge >= 0.3 is 7.60 Å². The molecule has 0 saturated carbocycles. The maximum atomic E-state index is 11.3. The number of likely N-dealkylation sites (N-methyl/N-ethyl adjacent to an activating group) is 1. The summed E-state index contributed by atoms with van der Waals surface area (Å²) in [5.74, 6) is 0.717. The topological polar surface area (TPSA) is 122 Å². The van der Waals surface area contributed by atoms with Gasteiger partial charge in [-0.2, -0.15) is 0 Å². The molecule has 6 rings (SSSR count). The van der Waals surface area contributed by atoms with E-state index in [9.17, 15) is 14.4 Å². The Morgan fingerprint density at radius 1 is 0.825 bits per heavy atom. The van der Waals surface area contributed by atoms with Gasteiger partial charge in [0.05, 0.1) is 11.6 Å². The zero-order valence-electron chi connectivity index (χ0n) is 22.9. The van der Waals surface area contributed by atoms with Crippen molar-refractivity contribution in [3.8, 4) is 5.75 Å². The molecule has 1 unspecified atom stereocenters. The molecule has 0 radical (unpaired) electrons. The van der Waals surface area contributed by atoms with Crippen LogP contribution in [0.5, 0.6) is 5.75 Å². The second-order valence-corrected chi connectivity index (χ2v) is 12.0. The van der Waals surface area contributed by atoms with E-state index in [2.05, 4.69) is 37.0 Å². The predicted molar refractivity (Wildman–Crippen MR) is 164 cm³/mol. The van der Waals surface area contributed by atoms with E-state index < -0.39 is 13.3 Å². The van der Waals surface area contributed by atoms with Gasteiger partial charge in [-0.05, 0) is 79.6 Å². The predicted octanol–water partition coefficient (Wildman–Crippen LogP) is 6.43. The Morgan fingerprint density at radius 2 is 1.38 bits per heavy atom. The molecule has 1 atom stereocenters. The van der Waals surface area contributed by atoms with Crippen molar-refractivity contribution in [2.75, 3.05) is 23.4 Å². The minimum absolute atomic E-state index is 0.267. The Morgan fingerprint density at radius 3 is 1.88 bits per heavy atom. The molecule has 2 heterocycles. The van der Waals surface area contributed by atoms with Crippen LogP contribution in [0.25, 0.3) is 6.08 Å². The molecular formula is C32H36N3O4P. The van der Waals surface area contributed by atoms with E-state index in [0.29, 0.717) is 5.56 Å². The van der Waals surface area contributed by atoms with E-state index in [1.54, 1.807) is 18.2 Å². The summed E-state index contributed by atoms with van der Waals surface area (Å²) in [5.41, 5.74) is 15.3. The minimum Gasteiger partial charge on any atom is -0.463 e. The number of hydrogen-bond donors (Lipinski definition) is 4. The molecule has 0 aliphatic carbocycles. The van der Waals surface area contributed by atoms with Crippen molar-refractivity contribution in [3.63, 3.8) is 0 Å². The maximum absolute atomic E-state index is 11.3. The second kappa shape index (κ2) is 11.6. The third-order valence-corrected chi connectivity index (χ3v) is 7.93. The molecule has 4 aromatic carbocycles. The highest BCUT2D eigenvalue weighted by atomic mass is 31.2. The molecule has 0 saturated heterocycles. The molecule has 6 N–H and O–H groups in total. The fourth-order valence-electron chi connectivity index (χ4n) is 5.07. The fourth-order valence-corrected chi connectivity index (χ4v) is 5.74. The standard InChI is InChI=1S/C20H22NO4P.2C6H7N/c1-19(2)16-6-4-5-7-17(16)21(3)20(19)11-10-15-12-14(13-26(22,23)24)8-9-18(15)25-20;2*7-6-4-2-1-3-5-6/h4-12H,13H2,1-3H3,(H2,22,23,24);2*1-5H,7H2. The second-order valence-electron chi connectivity index (χ2n) is 10.3. The molecule has 2 aliphatic rings. The van der Waals surface area contributed by atoms with E-state index in [1.165, 1.54) is 5.56 Å². The van der Waals surface area contributed by atoms with Gasteiger partial charge in [-0.25, -0.2) is 0 Å². The zero-order chi connectivity index (χ0) is 29.0. The highest BCUT2D eigenvalue weighted by molar-refractivity contribution is 7.50. The molecule has 2 aliphatic heterocycles. The summed E-state index contributed by atoms with van der Waals surface area (Å²) in [6, 6.07) is 32.6. The summed E-state index contributed by atoms with van der Waals surface area (Å²) < 4.78 is 17.8. The monoisotopic (exact) mass is 557 g/mol. The largest absolute Gasteiger partial charge is 0.463 e. The lowest BCUT2D eigenvalue weighted by molar-refractivity contribution is 0.0581. The van der Waals surface area contributed by atoms with Crippen molar-refractivity contribution in [1.29, 1.82) is 0 Å². The van der Waals surface area contributed by atoms with Gasteiger partial charge in [-0.15, -0.1) is 0 Å². The highest BCUT2D eigenvalue weighted by Gasteiger charge is 2.57. The normalized spacial score (nSPS) is 17.9. The average Bonchev–Trinajstić information content (AvgIpc) is 3.08. The third kappa shape index (κ3) is 6.23. The lowest BCUT2D eigenvalue weighted by atomic mass is 9.76. The molecule has 7 nitrogen and oxygen atoms in total. The van der Waals surface area contributed by atoms with E-state index in [4.69, 9.17) is 16.2 Å². The summed E-state index contributed by atoms with van der Waals surface area (Å²) in [6.45, 7) is 4.35. The molecule has 0 amide bonds. The van der Waals surface area contributed by atoms with Gasteiger partial charge < -0.3 is 30.9 Å². The number of hydrogen-bond acceptors (Lipinski definition) is 5. The summed E-state index contributed by atoms with van der Waals surface area (Å²) in [5, 5.41) is 0. The van der Waals surface area contributed by atoms with Gasteiger partial charge in [0.1, 0.15) is 5.75 Å². The summed E-state index contributed by atoms with van der Waals surface area (Å²) in [4.78, 5) is 20.6. The molecular weight excluding hydrogens is 521 g/mol. The summed E-state index contributed by atoms with van der Waals surface area (Å²) in [7, 11) is -2.06. The molecule has 8 heteroatoms. The first-order chi connectivity index (χ1) is 18.9. The zero-order valence-corrected chi connectivity index (χ0v) is 23.8. The van der Waals surface area contributed by atoms with Crippen molar-refractivity contribution in [2.24, 2.45) is 0 Å². The molecule has 1 spiro atoms. The number of ether oxygens (including phenoxy) is 1. The SMILES string of the molecule is CN1c2ccccc2C(C)(C)C12C=Cc1cc(CP(=O)(O)O)ccc1O2.Nc1ccccc1.Nc1ccccc1. The van der Waals surface area contributed by atoms with E-state index in [-0.39, 0.29) is 11.6 Å². The summed E-state index contributed by atoms with van der Waals surface area (Å²) in [6.07, 6.45) is 3.78. The Kier molecular flexibility index (Phi) is 8.40. The number of rotatable bonds is 2. The molecule has 208 valence electrons. The van der Waals surface area contributed by atoms with Crippen molar-refractivity contribution >= 4 is 30.7 Å². The van der Waals surface area contributed by atoms with Gasteiger partial charge in [-0.1, -0.05) is 60.7 Å². The van der Waals surface area contributed by atoms with Crippen LogP contribution in [0, 0.1) is 0 Å². The number of benzene rings is 4. The minimum atomic E-state index is -4.09. The Balaban J connectivity index is 0.000000215. The number of nitrogen functional groups attached to an aromatic ring is 2. The van der Waals surface area contributed by atoms with Crippen molar-refractivity contribution in [3.05, 3.63) is 126 Å². The van der Waals surface area contributed by atoms with Crippen LogP contribution in [0.1, 0.15) is 30.5 Å². The smallest absolute Gasteiger partial charge is 0.329 e. The van der Waals surface area contributed by atoms with E-state index in [1.807, 2.05) is 85.9 Å². The first-order valence-electron chi connectivity index (χ1n) is 12.9. The highest BCUT2D eigenvalue weighted by Crippen LogP contribution is 2.54. The van der Waals surface area contributed by atoms with Crippen molar-refractivity contribution < 1.29 is 19.1 Å². The molecule has 4 aromatic rings. The maximum Gasteiger partial charge on any atom is 0.329 e. The first-order valence-corrected chi connectivity index (χ1v) is 14.7. The van der Waals surface area contributed by atoms with Gasteiger partial charge in [0.2, 0.25) is 5.72 Å². The Labute approximate surface area is 235 Å².